The first-order chi connectivity index (χ1) is 9.20. The van der Waals surface area contributed by atoms with Gasteiger partial charge in [-0.2, -0.15) is 0 Å². The van der Waals surface area contributed by atoms with Crippen molar-refractivity contribution < 1.29 is 9.18 Å². The number of pyridine rings is 1. The van der Waals surface area contributed by atoms with Gasteiger partial charge in [0.05, 0.1) is 21.9 Å². The smallest absolute Gasteiger partial charge is 0.211 e. The van der Waals surface area contributed by atoms with E-state index >= 15 is 0 Å². The predicted octanol–water partition coefficient (Wildman–Crippen LogP) is 3.97. The van der Waals surface area contributed by atoms with Crippen LogP contribution in [-0.4, -0.2) is 11.4 Å². The van der Waals surface area contributed by atoms with Crippen molar-refractivity contribution in [3.63, 3.8) is 0 Å². The van der Waals surface area contributed by atoms with Gasteiger partial charge in [0.15, 0.2) is 0 Å². The Kier molecular flexibility index (Phi) is 3.22. The van der Waals surface area contributed by atoms with E-state index in [1.54, 1.807) is 12.3 Å². The minimum atomic E-state index is -0.323. The van der Waals surface area contributed by atoms with Crippen molar-refractivity contribution >= 4 is 38.9 Å². The van der Waals surface area contributed by atoms with Gasteiger partial charge < -0.3 is 5.32 Å². The van der Waals surface area contributed by atoms with Crippen LogP contribution in [0.15, 0.2) is 22.8 Å². The van der Waals surface area contributed by atoms with Crippen LogP contribution in [-0.2, 0) is 4.79 Å². The number of hydrogen-bond donors (Lipinski definition) is 1. The lowest BCUT2D eigenvalue weighted by atomic mass is 9.78. The van der Waals surface area contributed by atoms with Crippen molar-refractivity contribution in [3.8, 4) is 0 Å². The number of nitrogens with one attached hydrogen (secondary N) is 1. The van der Waals surface area contributed by atoms with Crippen molar-refractivity contribution in [2.75, 3.05) is 5.32 Å². The number of hydrogen-bond acceptors (Lipinski definition) is 2. The van der Waals surface area contributed by atoms with E-state index in [2.05, 4.69) is 26.2 Å². The summed E-state index contributed by atoms with van der Waals surface area (Å²) in [6.07, 6.45) is 5.65. The number of anilines is 1. The van der Waals surface area contributed by atoms with Gasteiger partial charge in [0.2, 0.25) is 6.41 Å². The Morgan fingerprint density at radius 3 is 2.84 bits per heavy atom. The number of fused-ring (bicyclic) bond motifs is 1. The summed E-state index contributed by atoms with van der Waals surface area (Å²) >= 11 is 3.21. The number of halogens is 2. The summed E-state index contributed by atoms with van der Waals surface area (Å²) in [5.41, 5.74) is 2.42. The van der Waals surface area contributed by atoms with Crippen LogP contribution in [0, 0.1) is 5.82 Å². The van der Waals surface area contributed by atoms with E-state index in [0.29, 0.717) is 22.3 Å². The van der Waals surface area contributed by atoms with Crippen LogP contribution in [0.5, 0.6) is 0 Å². The highest BCUT2D eigenvalue weighted by molar-refractivity contribution is 9.10. The average molecular weight is 323 g/mol. The second kappa shape index (κ2) is 4.89. The third kappa shape index (κ3) is 2.12. The highest BCUT2D eigenvalue weighted by atomic mass is 79.9. The molecular formula is C14H12BrFN2O. The van der Waals surface area contributed by atoms with E-state index in [4.69, 9.17) is 0 Å². The third-order valence-corrected chi connectivity index (χ3v) is 4.29. The Morgan fingerprint density at radius 1 is 1.42 bits per heavy atom. The number of nitrogens with zero attached hydrogens (tertiary/aromatic N) is 1. The molecule has 2 aromatic rings. The molecule has 98 valence electrons. The maximum Gasteiger partial charge on any atom is 0.211 e. The Morgan fingerprint density at radius 2 is 2.21 bits per heavy atom. The van der Waals surface area contributed by atoms with E-state index < -0.39 is 0 Å². The molecule has 3 nitrogen and oxygen atoms in total. The molecule has 19 heavy (non-hydrogen) atoms. The monoisotopic (exact) mass is 322 g/mol. The number of amides is 1. The fraction of sp³-hybridized carbons (Fsp3) is 0.286. The summed E-state index contributed by atoms with van der Waals surface area (Å²) in [6.45, 7) is 0. The first-order valence-electron chi connectivity index (χ1n) is 6.18. The molecule has 1 heterocycles. The van der Waals surface area contributed by atoms with E-state index in [0.717, 1.165) is 29.5 Å². The van der Waals surface area contributed by atoms with Gasteiger partial charge in [-0.15, -0.1) is 0 Å². The van der Waals surface area contributed by atoms with Crippen LogP contribution < -0.4 is 5.32 Å². The topological polar surface area (TPSA) is 42.0 Å². The third-order valence-electron chi connectivity index (χ3n) is 3.68. The summed E-state index contributed by atoms with van der Waals surface area (Å²) in [7, 11) is 0. The number of rotatable bonds is 3. The van der Waals surface area contributed by atoms with Crippen LogP contribution in [0.3, 0.4) is 0 Å². The van der Waals surface area contributed by atoms with Crippen LogP contribution in [0.2, 0.25) is 0 Å². The van der Waals surface area contributed by atoms with Gasteiger partial charge in [-0.25, -0.2) is 4.39 Å². The molecule has 1 aromatic carbocycles. The van der Waals surface area contributed by atoms with Gasteiger partial charge in [-0.1, -0.05) is 6.42 Å². The molecule has 0 unspecified atom stereocenters. The zero-order valence-electron chi connectivity index (χ0n) is 10.1. The van der Waals surface area contributed by atoms with E-state index in [-0.39, 0.29) is 5.82 Å². The molecular weight excluding hydrogens is 311 g/mol. The zero-order valence-corrected chi connectivity index (χ0v) is 11.7. The maximum absolute atomic E-state index is 13.6. The molecule has 0 spiro atoms. The normalized spacial score (nSPS) is 15.3. The highest BCUT2D eigenvalue weighted by Crippen LogP contribution is 2.43. The molecule has 0 saturated heterocycles. The van der Waals surface area contributed by atoms with Crippen molar-refractivity contribution in [3.05, 3.63) is 34.2 Å². The quantitative estimate of drug-likeness (QED) is 0.869. The standard InChI is InChI=1S/C14H12BrFN2O/c15-10-4-9-12(5-11(10)16)17-6-13(18-7-19)14(9)8-2-1-3-8/h4-8H,1-3H2,(H,18,19). The minimum Gasteiger partial charge on any atom is -0.327 e. The first kappa shape index (κ1) is 12.5. The van der Waals surface area contributed by atoms with E-state index in [9.17, 15) is 9.18 Å². The lowest BCUT2D eigenvalue weighted by molar-refractivity contribution is -0.105. The van der Waals surface area contributed by atoms with Crippen molar-refractivity contribution in [2.24, 2.45) is 0 Å². The number of benzene rings is 1. The minimum absolute atomic E-state index is 0.323. The lowest BCUT2D eigenvalue weighted by Gasteiger charge is -2.28. The summed E-state index contributed by atoms with van der Waals surface area (Å²) in [4.78, 5) is 14.9. The Bertz CT molecular complexity index is 655. The van der Waals surface area contributed by atoms with Crippen molar-refractivity contribution in [1.29, 1.82) is 0 Å². The molecule has 0 aliphatic heterocycles. The van der Waals surface area contributed by atoms with Crippen LogP contribution in [0.1, 0.15) is 30.7 Å². The Labute approximate surface area is 118 Å². The second-order valence-corrected chi connectivity index (χ2v) is 5.61. The molecule has 3 rings (SSSR count). The predicted molar refractivity (Wildman–Crippen MR) is 75.7 cm³/mol. The van der Waals surface area contributed by atoms with Crippen molar-refractivity contribution in [1.82, 2.24) is 4.98 Å². The summed E-state index contributed by atoms with van der Waals surface area (Å²) < 4.78 is 14.0. The van der Waals surface area contributed by atoms with Crippen LogP contribution >= 0.6 is 15.9 Å². The summed E-state index contributed by atoms with van der Waals surface area (Å²) in [6, 6.07) is 3.17. The molecule has 1 aromatic heterocycles. The fourth-order valence-electron chi connectivity index (χ4n) is 2.52. The lowest BCUT2D eigenvalue weighted by Crippen LogP contribution is -2.13. The summed E-state index contributed by atoms with van der Waals surface area (Å²) in [5, 5.41) is 3.61. The second-order valence-electron chi connectivity index (χ2n) is 4.76. The van der Waals surface area contributed by atoms with E-state index in [1.165, 1.54) is 12.5 Å². The SMILES string of the molecule is O=CNc1cnc2cc(F)c(Br)cc2c1C1CCC1. The van der Waals surface area contributed by atoms with Gasteiger partial charge in [-0.05, 0) is 46.3 Å². The molecule has 0 bridgehead atoms. The van der Waals surface area contributed by atoms with Gasteiger partial charge in [0.1, 0.15) is 5.82 Å². The van der Waals surface area contributed by atoms with Gasteiger partial charge >= 0.3 is 0 Å². The molecule has 1 saturated carbocycles. The number of carbonyl (C=O) groups is 1. The highest BCUT2D eigenvalue weighted by Gasteiger charge is 2.25. The Hall–Kier alpha value is -1.49. The largest absolute Gasteiger partial charge is 0.327 e. The molecule has 1 aliphatic rings. The van der Waals surface area contributed by atoms with Crippen LogP contribution in [0.4, 0.5) is 10.1 Å². The van der Waals surface area contributed by atoms with Crippen molar-refractivity contribution in [2.45, 2.75) is 25.2 Å². The van der Waals surface area contributed by atoms with Crippen LogP contribution in [0.25, 0.3) is 10.9 Å². The van der Waals surface area contributed by atoms with Gasteiger partial charge in [-0.3, -0.25) is 9.78 Å². The average Bonchev–Trinajstić information content (AvgIpc) is 2.32. The first-order valence-corrected chi connectivity index (χ1v) is 6.98. The molecule has 1 amide bonds. The fourth-order valence-corrected chi connectivity index (χ4v) is 2.87. The van der Waals surface area contributed by atoms with Gasteiger partial charge in [0.25, 0.3) is 0 Å². The molecule has 1 fully saturated rings. The maximum atomic E-state index is 13.6. The zero-order chi connectivity index (χ0) is 13.4. The van der Waals surface area contributed by atoms with E-state index in [1.807, 2.05) is 0 Å². The van der Waals surface area contributed by atoms with Gasteiger partial charge in [0, 0.05) is 11.5 Å². The Balaban J connectivity index is 2.26. The molecule has 5 heteroatoms. The molecule has 0 radical (unpaired) electrons. The number of carbonyl (C=O) groups excluding carboxylic acids is 1. The summed E-state index contributed by atoms with van der Waals surface area (Å²) in [5.74, 6) is 0.0981. The molecule has 1 N–H and O–H groups in total. The molecule has 0 atom stereocenters. The number of aromatic nitrogens is 1. The molecule has 1 aliphatic carbocycles.